The number of halogens is 1. The molecule has 0 amide bonds. The first-order valence-corrected chi connectivity index (χ1v) is 5.76. The van der Waals surface area contributed by atoms with Gasteiger partial charge in [0.1, 0.15) is 0 Å². The lowest BCUT2D eigenvalue weighted by molar-refractivity contribution is 0.0288. The summed E-state index contributed by atoms with van der Waals surface area (Å²) in [5.41, 5.74) is 0.862. The average Bonchev–Trinajstić information content (AvgIpc) is 2.38. The maximum absolute atomic E-state index is 13.4. The summed E-state index contributed by atoms with van der Waals surface area (Å²) < 4.78 is 28.5. The Balaban J connectivity index is 2.41. The monoisotopic (exact) mass is 257 g/mol. The van der Waals surface area contributed by atoms with Crippen molar-refractivity contribution in [1.82, 2.24) is 5.32 Å². The molecule has 0 aliphatic carbocycles. The molecule has 1 aromatic rings. The fraction of sp³-hybridized carbons (Fsp3) is 0.538. The third-order valence-electron chi connectivity index (χ3n) is 2.60. The average molecular weight is 257 g/mol. The van der Waals surface area contributed by atoms with E-state index in [1.165, 1.54) is 13.2 Å². The summed E-state index contributed by atoms with van der Waals surface area (Å²) in [5.74, 6) is -0.0927. The van der Waals surface area contributed by atoms with Crippen molar-refractivity contribution in [2.45, 2.75) is 12.6 Å². The number of hydrogen-bond acceptors (Lipinski definition) is 4. The van der Waals surface area contributed by atoms with Gasteiger partial charge in [-0.2, -0.15) is 0 Å². The first-order valence-electron chi connectivity index (χ1n) is 5.76. The molecular weight excluding hydrogens is 237 g/mol. The van der Waals surface area contributed by atoms with Gasteiger partial charge < -0.3 is 19.5 Å². The second-order valence-electron chi connectivity index (χ2n) is 3.91. The highest BCUT2D eigenvalue weighted by atomic mass is 19.1. The molecular formula is C13H20FNO3. The molecule has 1 unspecified atom stereocenters. The van der Waals surface area contributed by atoms with Crippen LogP contribution < -0.4 is 10.1 Å². The molecule has 4 nitrogen and oxygen atoms in total. The predicted molar refractivity (Wildman–Crippen MR) is 67.3 cm³/mol. The molecule has 102 valence electrons. The van der Waals surface area contributed by atoms with Gasteiger partial charge in [0.05, 0.1) is 19.8 Å². The van der Waals surface area contributed by atoms with Crippen LogP contribution >= 0.6 is 0 Å². The van der Waals surface area contributed by atoms with E-state index in [4.69, 9.17) is 14.2 Å². The molecule has 0 radical (unpaired) electrons. The van der Waals surface area contributed by atoms with E-state index in [9.17, 15) is 4.39 Å². The number of methoxy groups -OCH3 is 3. The van der Waals surface area contributed by atoms with Gasteiger partial charge in [0, 0.05) is 27.3 Å². The molecule has 0 spiro atoms. The van der Waals surface area contributed by atoms with Crippen LogP contribution in [0.15, 0.2) is 18.2 Å². The Labute approximate surface area is 107 Å². The first kappa shape index (κ1) is 14.9. The fourth-order valence-electron chi connectivity index (χ4n) is 1.59. The van der Waals surface area contributed by atoms with Crippen LogP contribution in [0.4, 0.5) is 4.39 Å². The van der Waals surface area contributed by atoms with E-state index in [1.807, 2.05) is 6.07 Å². The van der Waals surface area contributed by atoms with Crippen LogP contribution in [0.5, 0.6) is 5.75 Å². The van der Waals surface area contributed by atoms with Gasteiger partial charge in [-0.1, -0.05) is 6.07 Å². The summed E-state index contributed by atoms with van der Waals surface area (Å²) in [6, 6.07) is 4.91. The number of rotatable bonds is 8. The summed E-state index contributed by atoms with van der Waals surface area (Å²) >= 11 is 0. The minimum absolute atomic E-state index is 0.00176. The van der Waals surface area contributed by atoms with Gasteiger partial charge in [-0.05, 0) is 17.7 Å². The van der Waals surface area contributed by atoms with E-state index in [2.05, 4.69) is 5.32 Å². The topological polar surface area (TPSA) is 39.7 Å². The van der Waals surface area contributed by atoms with E-state index in [0.717, 1.165) is 5.56 Å². The van der Waals surface area contributed by atoms with Crippen molar-refractivity contribution >= 4 is 0 Å². The maximum atomic E-state index is 13.4. The van der Waals surface area contributed by atoms with Crippen molar-refractivity contribution in [3.05, 3.63) is 29.6 Å². The zero-order chi connectivity index (χ0) is 13.4. The molecule has 18 heavy (non-hydrogen) atoms. The second kappa shape index (κ2) is 8.02. The molecule has 0 saturated carbocycles. The van der Waals surface area contributed by atoms with Crippen LogP contribution in [-0.4, -0.2) is 40.6 Å². The molecule has 0 bridgehead atoms. The highest BCUT2D eigenvalue weighted by Gasteiger charge is 2.07. The van der Waals surface area contributed by atoms with Gasteiger partial charge >= 0.3 is 0 Å². The van der Waals surface area contributed by atoms with Gasteiger partial charge in [0.25, 0.3) is 0 Å². The van der Waals surface area contributed by atoms with Crippen LogP contribution in [0.1, 0.15) is 5.56 Å². The predicted octanol–water partition coefficient (Wildman–Crippen LogP) is 1.59. The van der Waals surface area contributed by atoms with Gasteiger partial charge in [-0.25, -0.2) is 4.39 Å². The zero-order valence-corrected chi connectivity index (χ0v) is 11.0. The highest BCUT2D eigenvalue weighted by molar-refractivity contribution is 5.29. The number of ether oxygens (including phenoxy) is 3. The van der Waals surface area contributed by atoms with Crippen molar-refractivity contribution in [1.29, 1.82) is 0 Å². The third kappa shape index (κ3) is 4.60. The van der Waals surface area contributed by atoms with Crippen LogP contribution in [0.25, 0.3) is 0 Å². The van der Waals surface area contributed by atoms with E-state index in [1.54, 1.807) is 20.3 Å². The molecule has 5 heteroatoms. The lowest BCUT2D eigenvalue weighted by atomic mass is 10.2. The van der Waals surface area contributed by atoms with Gasteiger partial charge in [-0.3, -0.25) is 0 Å². The molecule has 0 aliphatic heterocycles. The lowest BCUT2D eigenvalue weighted by Crippen LogP contribution is -2.31. The van der Waals surface area contributed by atoms with Crippen LogP contribution in [0.3, 0.4) is 0 Å². The van der Waals surface area contributed by atoms with Crippen LogP contribution in [0.2, 0.25) is 0 Å². The molecule has 1 N–H and O–H groups in total. The van der Waals surface area contributed by atoms with Crippen molar-refractivity contribution in [2.75, 3.05) is 34.5 Å². The standard InChI is InChI=1S/C13H20FNO3/c1-16-9-11(17-2)8-15-7-10-4-5-13(18-3)12(14)6-10/h4-6,11,15H,7-9H2,1-3H3. The Morgan fingerprint density at radius 3 is 2.61 bits per heavy atom. The zero-order valence-electron chi connectivity index (χ0n) is 11.0. The normalized spacial score (nSPS) is 12.4. The number of nitrogens with one attached hydrogen (secondary N) is 1. The maximum Gasteiger partial charge on any atom is 0.165 e. The Morgan fingerprint density at radius 1 is 1.28 bits per heavy atom. The van der Waals surface area contributed by atoms with Crippen molar-refractivity contribution in [3.8, 4) is 5.75 Å². The Hall–Kier alpha value is -1.17. The van der Waals surface area contributed by atoms with E-state index in [-0.39, 0.29) is 17.7 Å². The molecule has 0 heterocycles. The highest BCUT2D eigenvalue weighted by Crippen LogP contribution is 2.17. The largest absolute Gasteiger partial charge is 0.494 e. The van der Waals surface area contributed by atoms with E-state index < -0.39 is 0 Å². The Kier molecular flexibility index (Phi) is 6.64. The quantitative estimate of drug-likeness (QED) is 0.767. The van der Waals surface area contributed by atoms with Gasteiger partial charge in [0.15, 0.2) is 11.6 Å². The minimum Gasteiger partial charge on any atom is -0.494 e. The van der Waals surface area contributed by atoms with Crippen LogP contribution in [-0.2, 0) is 16.0 Å². The molecule has 0 fully saturated rings. The summed E-state index contributed by atoms with van der Waals surface area (Å²) in [7, 11) is 4.72. The summed E-state index contributed by atoms with van der Waals surface area (Å²) in [5, 5.41) is 3.19. The van der Waals surface area contributed by atoms with Crippen LogP contribution in [0, 0.1) is 5.82 Å². The summed E-state index contributed by atoms with van der Waals surface area (Å²) in [6.45, 7) is 1.75. The smallest absolute Gasteiger partial charge is 0.165 e. The van der Waals surface area contributed by atoms with Crippen molar-refractivity contribution in [3.63, 3.8) is 0 Å². The molecule has 1 atom stereocenters. The molecule has 1 rings (SSSR count). The first-order chi connectivity index (χ1) is 8.71. The van der Waals surface area contributed by atoms with E-state index >= 15 is 0 Å². The van der Waals surface area contributed by atoms with Crippen molar-refractivity contribution in [2.24, 2.45) is 0 Å². The Morgan fingerprint density at radius 2 is 2.06 bits per heavy atom. The third-order valence-corrected chi connectivity index (χ3v) is 2.60. The molecule has 0 saturated heterocycles. The fourth-order valence-corrected chi connectivity index (χ4v) is 1.59. The number of benzene rings is 1. The lowest BCUT2D eigenvalue weighted by Gasteiger charge is -2.15. The molecule has 0 aliphatic rings. The molecule has 1 aromatic carbocycles. The minimum atomic E-state index is -0.350. The van der Waals surface area contributed by atoms with Gasteiger partial charge in [0.2, 0.25) is 0 Å². The SMILES string of the molecule is COCC(CNCc1ccc(OC)c(F)c1)OC. The van der Waals surface area contributed by atoms with E-state index in [0.29, 0.717) is 19.7 Å². The van der Waals surface area contributed by atoms with Gasteiger partial charge in [-0.15, -0.1) is 0 Å². The second-order valence-corrected chi connectivity index (χ2v) is 3.91. The summed E-state index contributed by atoms with van der Waals surface area (Å²) in [6.07, 6.45) is -0.00176. The number of hydrogen-bond donors (Lipinski definition) is 1. The molecule has 0 aromatic heterocycles. The summed E-state index contributed by atoms with van der Waals surface area (Å²) in [4.78, 5) is 0. The van der Waals surface area contributed by atoms with Crippen molar-refractivity contribution < 1.29 is 18.6 Å². The Bertz CT molecular complexity index is 360.